The highest BCUT2D eigenvalue weighted by Crippen LogP contribution is 2.31. The van der Waals surface area contributed by atoms with Gasteiger partial charge in [0.1, 0.15) is 5.03 Å². The molecule has 0 aliphatic heterocycles. The van der Waals surface area contributed by atoms with Crippen LogP contribution in [-0.2, 0) is 0 Å². The van der Waals surface area contributed by atoms with Crippen molar-refractivity contribution in [1.82, 2.24) is 4.98 Å². The summed E-state index contributed by atoms with van der Waals surface area (Å²) in [5, 5.41) is 12.1. The standard InChI is InChI=1S/C17H13NO2S/c1-11-6-9-15(17(19)20)16(18-11)21-14-8-7-12-4-2-3-5-13(12)10-14/h2-10H,1H3,(H,19,20). The minimum absolute atomic E-state index is 0.235. The second-order valence-electron chi connectivity index (χ2n) is 4.72. The van der Waals surface area contributed by atoms with Crippen LogP contribution < -0.4 is 0 Å². The van der Waals surface area contributed by atoms with Crippen molar-refractivity contribution in [3.8, 4) is 0 Å². The first-order valence-corrected chi connectivity index (χ1v) is 7.33. The molecule has 0 radical (unpaired) electrons. The van der Waals surface area contributed by atoms with Gasteiger partial charge in [-0.1, -0.05) is 42.1 Å². The van der Waals surface area contributed by atoms with E-state index in [1.807, 2.05) is 37.3 Å². The summed E-state index contributed by atoms with van der Waals surface area (Å²) in [7, 11) is 0. The van der Waals surface area contributed by atoms with Crippen molar-refractivity contribution in [2.24, 2.45) is 0 Å². The average molecular weight is 295 g/mol. The molecule has 0 saturated heterocycles. The minimum Gasteiger partial charge on any atom is -0.478 e. The number of aromatic carboxylic acids is 1. The average Bonchev–Trinajstić information content (AvgIpc) is 2.47. The van der Waals surface area contributed by atoms with Gasteiger partial charge >= 0.3 is 5.97 Å². The van der Waals surface area contributed by atoms with Gasteiger partial charge < -0.3 is 5.11 Å². The molecular weight excluding hydrogens is 282 g/mol. The number of carbonyl (C=O) groups is 1. The van der Waals surface area contributed by atoms with E-state index in [-0.39, 0.29) is 5.56 Å². The lowest BCUT2D eigenvalue weighted by Gasteiger charge is -2.07. The second-order valence-corrected chi connectivity index (χ2v) is 5.78. The smallest absolute Gasteiger partial charge is 0.338 e. The van der Waals surface area contributed by atoms with Crippen molar-refractivity contribution in [3.63, 3.8) is 0 Å². The number of aromatic nitrogens is 1. The van der Waals surface area contributed by atoms with Gasteiger partial charge in [0.25, 0.3) is 0 Å². The van der Waals surface area contributed by atoms with Gasteiger partial charge in [-0.3, -0.25) is 0 Å². The van der Waals surface area contributed by atoms with E-state index in [0.29, 0.717) is 5.03 Å². The van der Waals surface area contributed by atoms with Crippen LogP contribution in [0.25, 0.3) is 10.8 Å². The first-order chi connectivity index (χ1) is 10.1. The molecule has 1 aromatic heterocycles. The highest BCUT2D eigenvalue weighted by Gasteiger charge is 2.13. The zero-order valence-corrected chi connectivity index (χ0v) is 12.2. The topological polar surface area (TPSA) is 50.2 Å². The van der Waals surface area contributed by atoms with Crippen molar-refractivity contribution in [2.75, 3.05) is 0 Å². The molecule has 0 atom stereocenters. The molecule has 2 aromatic carbocycles. The molecule has 0 amide bonds. The number of nitrogens with zero attached hydrogens (tertiary/aromatic N) is 1. The predicted octanol–water partition coefficient (Wildman–Crippen LogP) is 4.39. The summed E-state index contributed by atoms with van der Waals surface area (Å²) in [5.74, 6) is -0.953. The van der Waals surface area contributed by atoms with Crippen molar-refractivity contribution >= 4 is 28.5 Å². The number of aryl methyl sites for hydroxylation is 1. The van der Waals surface area contributed by atoms with E-state index in [1.54, 1.807) is 12.1 Å². The predicted molar refractivity (Wildman–Crippen MR) is 84.0 cm³/mol. The number of fused-ring (bicyclic) bond motifs is 1. The van der Waals surface area contributed by atoms with E-state index >= 15 is 0 Å². The van der Waals surface area contributed by atoms with Crippen LogP contribution in [0.3, 0.4) is 0 Å². The number of carboxylic acid groups (broad SMARTS) is 1. The summed E-state index contributed by atoms with van der Waals surface area (Å²) >= 11 is 1.38. The van der Waals surface area contributed by atoms with Crippen LogP contribution in [0.1, 0.15) is 16.1 Å². The van der Waals surface area contributed by atoms with E-state index < -0.39 is 5.97 Å². The van der Waals surface area contributed by atoms with Crippen LogP contribution in [0.4, 0.5) is 0 Å². The summed E-state index contributed by atoms with van der Waals surface area (Å²) in [5.41, 5.74) is 1.04. The molecule has 3 rings (SSSR count). The highest BCUT2D eigenvalue weighted by molar-refractivity contribution is 7.99. The zero-order valence-electron chi connectivity index (χ0n) is 11.4. The van der Waals surface area contributed by atoms with Crippen LogP contribution in [0, 0.1) is 6.92 Å². The first-order valence-electron chi connectivity index (χ1n) is 6.51. The number of benzene rings is 2. The van der Waals surface area contributed by atoms with Gasteiger partial charge in [0.05, 0.1) is 5.56 Å². The second kappa shape index (κ2) is 5.58. The molecule has 104 valence electrons. The van der Waals surface area contributed by atoms with E-state index in [1.165, 1.54) is 11.8 Å². The molecule has 0 aliphatic carbocycles. The van der Waals surface area contributed by atoms with E-state index in [0.717, 1.165) is 21.4 Å². The van der Waals surface area contributed by atoms with Gasteiger partial charge in [-0.15, -0.1) is 0 Å². The molecule has 21 heavy (non-hydrogen) atoms. The van der Waals surface area contributed by atoms with Gasteiger partial charge in [-0.25, -0.2) is 9.78 Å². The fraction of sp³-hybridized carbons (Fsp3) is 0.0588. The summed E-state index contributed by atoms with van der Waals surface area (Å²) in [4.78, 5) is 16.6. The van der Waals surface area contributed by atoms with Crippen molar-refractivity contribution in [3.05, 3.63) is 65.9 Å². The Morgan fingerprint density at radius 3 is 2.57 bits per heavy atom. The fourth-order valence-electron chi connectivity index (χ4n) is 2.12. The first kappa shape index (κ1) is 13.6. The molecule has 0 aliphatic rings. The number of pyridine rings is 1. The van der Waals surface area contributed by atoms with Gasteiger partial charge in [0.15, 0.2) is 0 Å². The summed E-state index contributed by atoms with van der Waals surface area (Å²) in [6.45, 7) is 1.86. The van der Waals surface area contributed by atoms with Crippen molar-refractivity contribution < 1.29 is 9.90 Å². The number of hydrogen-bond acceptors (Lipinski definition) is 3. The molecule has 1 heterocycles. The Kier molecular flexibility index (Phi) is 3.62. The lowest BCUT2D eigenvalue weighted by atomic mass is 10.1. The Bertz CT molecular complexity index is 830. The molecule has 1 N–H and O–H groups in total. The summed E-state index contributed by atoms with van der Waals surface area (Å²) in [6, 6.07) is 17.5. The quantitative estimate of drug-likeness (QED) is 0.778. The van der Waals surface area contributed by atoms with Crippen molar-refractivity contribution in [2.45, 2.75) is 16.8 Å². The SMILES string of the molecule is Cc1ccc(C(=O)O)c(Sc2ccc3ccccc3c2)n1. The Morgan fingerprint density at radius 2 is 1.81 bits per heavy atom. The Balaban J connectivity index is 2.02. The third kappa shape index (κ3) is 2.90. The number of carboxylic acids is 1. The molecular formula is C17H13NO2S. The molecule has 3 aromatic rings. The Morgan fingerprint density at radius 1 is 1.05 bits per heavy atom. The van der Waals surface area contributed by atoms with Gasteiger partial charge in [0.2, 0.25) is 0 Å². The monoisotopic (exact) mass is 295 g/mol. The number of hydrogen-bond donors (Lipinski definition) is 1. The van der Waals surface area contributed by atoms with Crippen LogP contribution in [-0.4, -0.2) is 16.1 Å². The largest absolute Gasteiger partial charge is 0.478 e. The van der Waals surface area contributed by atoms with Crippen molar-refractivity contribution in [1.29, 1.82) is 0 Å². The van der Waals surface area contributed by atoms with E-state index in [4.69, 9.17) is 0 Å². The summed E-state index contributed by atoms with van der Waals surface area (Å²) < 4.78 is 0. The van der Waals surface area contributed by atoms with E-state index in [9.17, 15) is 9.90 Å². The fourth-order valence-corrected chi connectivity index (χ4v) is 3.12. The third-order valence-corrected chi connectivity index (χ3v) is 4.16. The molecule has 4 heteroatoms. The van der Waals surface area contributed by atoms with Gasteiger partial charge in [-0.2, -0.15) is 0 Å². The minimum atomic E-state index is -0.953. The molecule has 0 saturated carbocycles. The summed E-state index contributed by atoms with van der Waals surface area (Å²) in [6.07, 6.45) is 0. The molecule has 0 bridgehead atoms. The van der Waals surface area contributed by atoms with Crippen LogP contribution in [0.2, 0.25) is 0 Å². The van der Waals surface area contributed by atoms with E-state index in [2.05, 4.69) is 17.1 Å². The molecule has 0 unspecified atom stereocenters. The number of rotatable bonds is 3. The highest BCUT2D eigenvalue weighted by atomic mass is 32.2. The molecule has 0 fully saturated rings. The molecule has 3 nitrogen and oxygen atoms in total. The Labute approximate surface area is 126 Å². The lowest BCUT2D eigenvalue weighted by Crippen LogP contribution is -2.01. The third-order valence-electron chi connectivity index (χ3n) is 3.17. The van der Waals surface area contributed by atoms with Crippen LogP contribution in [0.15, 0.2) is 64.5 Å². The normalized spacial score (nSPS) is 10.7. The van der Waals surface area contributed by atoms with Crippen LogP contribution >= 0.6 is 11.8 Å². The van der Waals surface area contributed by atoms with Crippen LogP contribution in [0.5, 0.6) is 0 Å². The van der Waals surface area contributed by atoms with Gasteiger partial charge in [-0.05, 0) is 42.0 Å². The molecule has 0 spiro atoms. The maximum Gasteiger partial charge on any atom is 0.338 e. The maximum atomic E-state index is 11.3. The zero-order chi connectivity index (χ0) is 14.8. The maximum absolute atomic E-state index is 11.3. The Hall–Kier alpha value is -2.33. The lowest BCUT2D eigenvalue weighted by molar-refractivity contribution is 0.0692. The van der Waals surface area contributed by atoms with Gasteiger partial charge in [0, 0.05) is 10.6 Å².